The van der Waals surface area contributed by atoms with E-state index in [9.17, 15) is 4.79 Å². The number of ether oxygens (including phenoxy) is 2. The average molecular weight is 423 g/mol. The Balaban J connectivity index is 1.75. The predicted molar refractivity (Wildman–Crippen MR) is 120 cm³/mol. The van der Waals surface area contributed by atoms with Crippen molar-refractivity contribution < 1.29 is 14.3 Å². The van der Waals surface area contributed by atoms with Crippen molar-refractivity contribution in [2.24, 2.45) is 5.92 Å². The highest BCUT2D eigenvalue weighted by Gasteiger charge is 2.21. The summed E-state index contributed by atoms with van der Waals surface area (Å²) in [5, 5.41) is 4.14. The van der Waals surface area contributed by atoms with Gasteiger partial charge in [0.05, 0.1) is 24.9 Å². The SMILES string of the molecule is CCOc1cc(C(=O)N(C)[C@@H](C)c2ccc(-n3cncn3)cc2)ccc1OCC(C)C. The summed E-state index contributed by atoms with van der Waals surface area (Å²) in [5.74, 6) is 1.57. The van der Waals surface area contributed by atoms with Crippen molar-refractivity contribution in [3.05, 3.63) is 66.2 Å². The molecule has 1 aromatic heterocycles. The third-order valence-corrected chi connectivity index (χ3v) is 5.02. The summed E-state index contributed by atoms with van der Waals surface area (Å²) in [4.78, 5) is 18.8. The van der Waals surface area contributed by atoms with Crippen molar-refractivity contribution in [3.63, 3.8) is 0 Å². The molecular formula is C24H30N4O3. The van der Waals surface area contributed by atoms with E-state index >= 15 is 0 Å². The summed E-state index contributed by atoms with van der Waals surface area (Å²) in [5.41, 5.74) is 2.51. The van der Waals surface area contributed by atoms with Gasteiger partial charge in [0.2, 0.25) is 0 Å². The largest absolute Gasteiger partial charge is 0.490 e. The zero-order valence-corrected chi connectivity index (χ0v) is 18.8. The monoisotopic (exact) mass is 422 g/mol. The number of benzene rings is 2. The maximum atomic E-state index is 13.2. The topological polar surface area (TPSA) is 69.5 Å². The molecule has 31 heavy (non-hydrogen) atoms. The molecule has 0 bridgehead atoms. The first-order valence-corrected chi connectivity index (χ1v) is 10.5. The van der Waals surface area contributed by atoms with E-state index in [0.717, 1.165) is 11.3 Å². The highest BCUT2D eigenvalue weighted by atomic mass is 16.5. The Labute approximate surface area is 183 Å². The van der Waals surface area contributed by atoms with Crippen molar-refractivity contribution in [2.45, 2.75) is 33.7 Å². The van der Waals surface area contributed by atoms with Gasteiger partial charge in [0, 0.05) is 12.6 Å². The lowest BCUT2D eigenvalue weighted by atomic mass is 10.1. The van der Waals surface area contributed by atoms with Crippen LogP contribution in [0.1, 0.15) is 49.7 Å². The Morgan fingerprint density at radius 1 is 1.06 bits per heavy atom. The van der Waals surface area contributed by atoms with Gasteiger partial charge in [-0.15, -0.1) is 0 Å². The van der Waals surface area contributed by atoms with E-state index in [1.807, 2.05) is 51.2 Å². The number of rotatable bonds is 9. The molecule has 0 N–H and O–H groups in total. The van der Waals surface area contributed by atoms with Gasteiger partial charge >= 0.3 is 0 Å². The normalized spacial score (nSPS) is 11.9. The molecule has 1 atom stereocenters. The maximum Gasteiger partial charge on any atom is 0.254 e. The van der Waals surface area contributed by atoms with Crippen LogP contribution in [0.2, 0.25) is 0 Å². The quantitative estimate of drug-likeness (QED) is 0.507. The van der Waals surface area contributed by atoms with Crippen molar-refractivity contribution in [2.75, 3.05) is 20.3 Å². The van der Waals surface area contributed by atoms with E-state index in [-0.39, 0.29) is 11.9 Å². The van der Waals surface area contributed by atoms with Crippen LogP contribution in [0.3, 0.4) is 0 Å². The Morgan fingerprint density at radius 3 is 2.42 bits per heavy atom. The predicted octanol–water partition coefficient (Wildman–Crippen LogP) is 4.53. The van der Waals surface area contributed by atoms with Crippen LogP contribution in [0.25, 0.3) is 5.69 Å². The summed E-state index contributed by atoms with van der Waals surface area (Å²) in [6.45, 7) is 9.19. The second kappa shape index (κ2) is 10.1. The number of amides is 1. The number of hydrogen-bond acceptors (Lipinski definition) is 5. The second-order valence-corrected chi connectivity index (χ2v) is 7.82. The Kier molecular flexibility index (Phi) is 7.28. The molecule has 0 aliphatic carbocycles. The fourth-order valence-corrected chi connectivity index (χ4v) is 3.14. The molecule has 0 saturated carbocycles. The van der Waals surface area contributed by atoms with Gasteiger partial charge < -0.3 is 14.4 Å². The molecule has 3 rings (SSSR count). The first-order chi connectivity index (χ1) is 14.9. The van der Waals surface area contributed by atoms with Gasteiger partial charge in [0.25, 0.3) is 5.91 Å². The van der Waals surface area contributed by atoms with Crippen LogP contribution in [0.15, 0.2) is 55.1 Å². The van der Waals surface area contributed by atoms with Crippen molar-refractivity contribution in [1.29, 1.82) is 0 Å². The molecule has 0 aliphatic rings. The van der Waals surface area contributed by atoms with Gasteiger partial charge in [-0.3, -0.25) is 4.79 Å². The standard InChI is InChI=1S/C24H30N4O3/c1-6-30-23-13-20(9-12-22(23)31-14-17(2)3)24(29)27(5)18(4)19-7-10-21(11-8-19)28-16-25-15-26-28/h7-13,15-18H,6,14H2,1-5H3/t18-/m0/s1. The number of aromatic nitrogens is 3. The Morgan fingerprint density at radius 2 is 1.81 bits per heavy atom. The minimum atomic E-state index is -0.107. The minimum Gasteiger partial charge on any atom is -0.490 e. The molecule has 0 unspecified atom stereocenters. The molecule has 3 aromatic rings. The number of carbonyl (C=O) groups excluding carboxylic acids is 1. The maximum absolute atomic E-state index is 13.2. The molecule has 7 nitrogen and oxygen atoms in total. The van der Waals surface area contributed by atoms with Crippen LogP contribution >= 0.6 is 0 Å². The lowest BCUT2D eigenvalue weighted by Crippen LogP contribution is -2.29. The Hall–Kier alpha value is -3.35. The van der Waals surface area contributed by atoms with Gasteiger partial charge in [-0.1, -0.05) is 26.0 Å². The lowest BCUT2D eigenvalue weighted by molar-refractivity contribution is 0.0742. The average Bonchev–Trinajstić information content (AvgIpc) is 3.32. The Bertz CT molecular complexity index is 985. The van der Waals surface area contributed by atoms with Gasteiger partial charge in [-0.2, -0.15) is 5.10 Å². The van der Waals surface area contributed by atoms with E-state index in [4.69, 9.17) is 9.47 Å². The summed E-state index contributed by atoms with van der Waals surface area (Å²) >= 11 is 0. The third kappa shape index (κ3) is 5.42. The highest BCUT2D eigenvalue weighted by Crippen LogP contribution is 2.30. The van der Waals surface area contributed by atoms with Crippen molar-refractivity contribution in [1.82, 2.24) is 19.7 Å². The molecule has 1 heterocycles. The molecule has 2 aromatic carbocycles. The van der Waals surface area contributed by atoms with Crippen LogP contribution in [0.5, 0.6) is 11.5 Å². The van der Waals surface area contributed by atoms with Crippen molar-refractivity contribution >= 4 is 5.91 Å². The van der Waals surface area contributed by atoms with Crippen molar-refractivity contribution in [3.8, 4) is 17.2 Å². The summed E-state index contributed by atoms with van der Waals surface area (Å²) in [7, 11) is 1.81. The second-order valence-electron chi connectivity index (χ2n) is 7.82. The zero-order chi connectivity index (χ0) is 22.4. The van der Waals surface area contributed by atoms with Crippen LogP contribution < -0.4 is 9.47 Å². The summed E-state index contributed by atoms with van der Waals surface area (Å²) in [6, 6.07) is 13.2. The molecule has 0 fully saturated rings. The van der Waals surface area contributed by atoms with Gasteiger partial charge in [0.15, 0.2) is 11.5 Å². The summed E-state index contributed by atoms with van der Waals surface area (Å²) < 4.78 is 13.3. The zero-order valence-electron chi connectivity index (χ0n) is 18.8. The molecule has 0 saturated heterocycles. The van der Waals surface area contributed by atoms with Crippen LogP contribution in [0, 0.1) is 5.92 Å². The summed E-state index contributed by atoms with van der Waals surface area (Å²) in [6.07, 6.45) is 3.15. The molecule has 1 amide bonds. The van der Waals surface area contributed by atoms with E-state index in [2.05, 4.69) is 23.9 Å². The van der Waals surface area contributed by atoms with Gasteiger partial charge in [0.1, 0.15) is 12.7 Å². The highest BCUT2D eigenvalue weighted by molar-refractivity contribution is 5.95. The van der Waals surface area contributed by atoms with Crippen LogP contribution in [-0.2, 0) is 0 Å². The number of carbonyl (C=O) groups is 1. The fraction of sp³-hybridized carbons (Fsp3) is 0.375. The van der Waals surface area contributed by atoms with E-state index in [0.29, 0.717) is 36.2 Å². The molecule has 7 heteroatoms. The first kappa shape index (κ1) is 22.3. The molecule has 0 radical (unpaired) electrons. The van der Waals surface area contributed by atoms with Crippen LogP contribution in [0.4, 0.5) is 0 Å². The molecule has 164 valence electrons. The lowest BCUT2D eigenvalue weighted by Gasteiger charge is -2.26. The first-order valence-electron chi connectivity index (χ1n) is 10.5. The smallest absolute Gasteiger partial charge is 0.254 e. The van der Waals surface area contributed by atoms with Gasteiger partial charge in [-0.25, -0.2) is 9.67 Å². The van der Waals surface area contributed by atoms with Crippen LogP contribution in [-0.4, -0.2) is 45.8 Å². The molecule has 0 spiro atoms. The van der Waals surface area contributed by atoms with E-state index < -0.39 is 0 Å². The van der Waals surface area contributed by atoms with E-state index in [1.54, 1.807) is 28.0 Å². The number of nitrogens with zero attached hydrogens (tertiary/aromatic N) is 4. The third-order valence-electron chi connectivity index (χ3n) is 5.02. The van der Waals surface area contributed by atoms with Gasteiger partial charge in [-0.05, 0) is 55.7 Å². The fourth-order valence-electron chi connectivity index (χ4n) is 3.14. The molecular weight excluding hydrogens is 392 g/mol. The number of hydrogen-bond donors (Lipinski definition) is 0. The minimum absolute atomic E-state index is 0.0794. The molecule has 0 aliphatic heterocycles. The van der Waals surface area contributed by atoms with E-state index in [1.165, 1.54) is 6.33 Å².